The molecule has 1 aliphatic carbocycles. The Hall–Kier alpha value is -1.89. The molecule has 0 aromatic carbocycles. The fourth-order valence-electron chi connectivity index (χ4n) is 3.93. The van der Waals surface area contributed by atoms with Crippen molar-refractivity contribution in [1.82, 2.24) is 25.1 Å². The summed E-state index contributed by atoms with van der Waals surface area (Å²) in [6.45, 7) is 8.48. The lowest BCUT2D eigenvalue weighted by molar-refractivity contribution is -0.124. The molecular formula is C21H35N5O2. The van der Waals surface area contributed by atoms with Crippen molar-refractivity contribution < 1.29 is 9.59 Å². The van der Waals surface area contributed by atoms with Crippen LogP contribution in [0.2, 0.25) is 0 Å². The van der Waals surface area contributed by atoms with Crippen LogP contribution in [0.5, 0.6) is 0 Å². The Balaban J connectivity index is 1.88. The molecule has 1 fully saturated rings. The highest BCUT2D eigenvalue weighted by Gasteiger charge is 2.34. The van der Waals surface area contributed by atoms with E-state index in [0.29, 0.717) is 12.2 Å². The highest BCUT2D eigenvalue weighted by Crippen LogP contribution is 2.34. The van der Waals surface area contributed by atoms with E-state index in [9.17, 15) is 9.59 Å². The van der Waals surface area contributed by atoms with E-state index >= 15 is 0 Å². The van der Waals surface area contributed by atoms with Crippen molar-refractivity contribution in [2.45, 2.75) is 72.0 Å². The van der Waals surface area contributed by atoms with Gasteiger partial charge in [0.1, 0.15) is 11.9 Å². The Kier molecular flexibility index (Phi) is 6.12. The molecule has 1 saturated carbocycles. The molecule has 156 valence electrons. The third-order valence-electron chi connectivity index (χ3n) is 5.83. The first-order chi connectivity index (χ1) is 13.2. The third-order valence-corrected chi connectivity index (χ3v) is 5.83. The molecule has 1 atom stereocenters. The zero-order valence-corrected chi connectivity index (χ0v) is 18.0. The minimum absolute atomic E-state index is 0.183. The average molecular weight is 390 g/mol. The summed E-state index contributed by atoms with van der Waals surface area (Å²) >= 11 is 0. The van der Waals surface area contributed by atoms with Crippen molar-refractivity contribution in [1.29, 1.82) is 0 Å². The second kappa shape index (κ2) is 8.23. The number of fused-ring (bicyclic) bond motifs is 1. The SMILES string of the molecule is CNC(=O)[C@@H](NC(=O)c1nc(CCC2CC2)n2c1CN(C)CCC2)C(C)(C)C. The summed E-state index contributed by atoms with van der Waals surface area (Å²) in [6, 6.07) is -0.610. The average Bonchev–Trinajstić information content (AvgIpc) is 3.42. The van der Waals surface area contributed by atoms with E-state index in [2.05, 4.69) is 27.1 Å². The minimum Gasteiger partial charge on any atom is -0.357 e. The molecule has 1 aromatic rings. The molecule has 0 saturated heterocycles. The number of nitrogens with one attached hydrogen (secondary N) is 2. The van der Waals surface area contributed by atoms with Crippen molar-refractivity contribution in [3.05, 3.63) is 17.2 Å². The van der Waals surface area contributed by atoms with Crippen LogP contribution in [-0.2, 0) is 24.3 Å². The van der Waals surface area contributed by atoms with Gasteiger partial charge in [-0.05, 0) is 37.8 Å². The standard InChI is InChI=1S/C21H35N5O2/c1-21(2,3)18(20(28)22-4)24-19(27)17-15-13-25(5)11-6-12-26(15)16(23-17)10-9-14-7-8-14/h14,18H,6-13H2,1-5H3,(H,22,28)(H,24,27)/t18-/m1/s1. The maximum Gasteiger partial charge on any atom is 0.272 e. The van der Waals surface area contributed by atoms with Crippen molar-refractivity contribution in [3.8, 4) is 0 Å². The van der Waals surface area contributed by atoms with E-state index in [1.165, 1.54) is 12.8 Å². The molecule has 0 spiro atoms. The van der Waals surface area contributed by atoms with Crippen molar-refractivity contribution in [3.63, 3.8) is 0 Å². The number of carbonyl (C=O) groups excluding carboxylic acids is 2. The molecule has 2 N–H and O–H groups in total. The summed E-state index contributed by atoms with van der Waals surface area (Å²) < 4.78 is 2.26. The molecule has 2 aliphatic rings. The van der Waals surface area contributed by atoms with Gasteiger partial charge in [-0.25, -0.2) is 4.98 Å². The van der Waals surface area contributed by atoms with Crippen LogP contribution in [0.1, 0.15) is 68.5 Å². The highest BCUT2D eigenvalue weighted by atomic mass is 16.2. The van der Waals surface area contributed by atoms with Gasteiger partial charge in [-0.2, -0.15) is 0 Å². The van der Waals surface area contributed by atoms with Crippen LogP contribution in [0.4, 0.5) is 0 Å². The van der Waals surface area contributed by atoms with Gasteiger partial charge in [0.05, 0.1) is 5.69 Å². The molecule has 3 rings (SSSR count). The molecule has 28 heavy (non-hydrogen) atoms. The van der Waals surface area contributed by atoms with Gasteiger partial charge < -0.3 is 20.1 Å². The number of nitrogens with zero attached hydrogens (tertiary/aromatic N) is 3. The number of amides is 2. The Morgan fingerprint density at radius 2 is 1.96 bits per heavy atom. The summed E-state index contributed by atoms with van der Waals surface area (Å²) in [6.07, 6.45) is 5.77. The molecular weight excluding hydrogens is 354 g/mol. The van der Waals surface area contributed by atoms with Gasteiger partial charge in [0.2, 0.25) is 5.91 Å². The zero-order valence-electron chi connectivity index (χ0n) is 18.0. The van der Waals surface area contributed by atoms with Crippen LogP contribution in [0, 0.1) is 11.3 Å². The summed E-state index contributed by atoms with van der Waals surface area (Å²) in [5, 5.41) is 5.62. The first-order valence-electron chi connectivity index (χ1n) is 10.5. The lowest BCUT2D eigenvalue weighted by Crippen LogP contribution is -2.53. The minimum atomic E-state index is -0.610. The van der Waals surface area contributed by atoms with E-state index < -0.39 is 11.5 Å². The van der Waals surface area contributed by atoms with Crippen LogP contribution in [0.25, 0.3) is 0 Å². The molecule has 2 heterocycles. The van der Waals surface area contributed by atoms with Gasteiger partial charge in [0, 0.05) is 26.6 Å². The van der Waals surface area contributed by atoms with Gasteiger partial charge in [-0.15, -0.1) is 0 Å². The molecule has 2 amide bonds. The zero-order chi connectivity index (χ0) is 20.5. The summed E-state index contributed by atoms with van der Waals surface area (Å²) in [4.78, 5) is 32.6. The first-order valence-corrected chi connectivity index (χ1v) is 10.5. The molecule has 0 bridgehead atoms. The summed E-state index contributed by atoms with van der Waals surface area (Å²) in [5.74, 6) is 1.42. The monoisotopic (exact) mass is 389 g/mol. The highest BCUT2D eigenvalue weighted by molar-refractivity contribution is 5.97. The van der Waals surface area contributed by atoms with Crippen molar-refractivity contribution in [2.24, 2.45) is 11.3 Å². The molecule has 1 aromatic heterocycles. The largest absolute Gasteiger partial charge is 0.357 e. The maximum atomic E-state index is 13.2. The first kappa shape index (κ1) is 20.8. The van der Waals surface area contributed by atoms with Crippen molar-refractivity contribution in [2.75, 3.05) is 20.6 Å². The Bertz CT molecular complexity index is 730. The topological polar surface area (TPSA) is 79.3 Å². The summed E-state index contributed by atoms with van der Waals surface area (Å²) in [5.41, 5.74) is 1.07. The van der Waals surface area contributed by atoms with Gasteiger partial charge in [0.25, 0.3) is 5.91 Å². The van der Waals surface area contributed by atoms with Gasteiger partial charge in [-0.1, -0.05) is 33.6 Å². The normalized spacial score (nSPS) is 18.9. The number of likely N-dealkylation sites (N-methyl/N-ethyl adjacent to an activating group) is 1. The van der Waals surface area contributed by atoms with E-state index in [1.807, 2.05) is 20.8 Å². The number of imidazole rings is 1. The van der Waals surface area contributed by atoms with E-state index in [0.717, 1.165) is 49.8 Å². The Labute approximate surface area is 168 Å². The number of carbonyl (C=O) groups is 2. The number of hydrogen-bond acceptors (Lipinski definition) is 4. The lowest BCUT2D eigenvalue weighted by Gasteiger charge is -2.29. The van der Waals surface area contributed by atoms with E-state index in [4.69, 9.17) is 4.98 Å². The number of aromatic nitrogens is 2. The quantitative estimate of drug-likeness (QED) is 0.779. The summed E-state index contributed by atoms with van der Waals surface area (Å²) in [7, 11) is 3.68. The number of rotatable bonds is 6. The van der Waals surface area contributed by atoms with Gasteiger partial charge in [-0.3, -0.25) is 9.59 Å². The predicted molar refractivity (Wildman–Crippen MR) is 109 cm³/mol. The molecule has 0 radical (unpaired) electrons. The molecule has 0 unspecified atom stereocenters. The van der Waals surface area contributed by atoms with Gasteiger partial charge in [0.15, 0.2) is 5.69 Å². The number of hydrogen-bond donors (Lipinski definition) is 2. The predicted octanol–water partition coefficient (Wildman–Crippen LogP) is 1.95. The van der Waals surface area contributed by atoms with Crippen LogP contribution in [0.15, 0.2) is 0 Å². The smallest absolute Gasteiger partial charge is 0.272 e. The number of aryl methyl sites for hydroxylation is 1. The Morgan fingerprint density at radius 3 is 2.57 bits per heavy atom. The van der Waals surface area contributed by atoms with Crippen LogP contribution >= 0.6 is 0 Å². The fraction of sp³-hybridized carbons (Fsp3) is 0.762. The Morgan fingerprint density at radius 1 is 1.25 bits per heavy atom. The fourth-order valence-corrected chi connectivity index (χ4v) is 3.93. The maximum absolute atomic E-state index is 13.2. The van der Waals surface area contributed by atoms with E-state index in [-0.39, 0.29) is 11.8 Å². The van der Waals surface area contributed by atoms with Crippen LogP contribution < -0.4 is 10.6 Å². The molecule has 1 aliphatic heterocycles. The lowest BCUT2D eigenvalue weighted by atomic mass is 9.86. The molecule has 7 nitrogen and oxygen atoms in total. The van der Waals surface area contributed by atoms with Crippen LogP contribution in [-0.4, -0.2) is 52.9 Å². The van der Waals surface area contributed by atoms with E-state index in [1.54, 1.807) is 7.05 Å². The van der Waals surface area contributed by atoms with Crippen LogP contribution in [0.3, 0.4) is 0 Å². The second-order valence-electron chi connectivity index (χ2n) is 9.44. The second-order valence-corrected chi connectivity index (χ2v) is 9.44. The third kappa shape index (κ3) is 4.74. The van der Waals surface area contributed by atoms with Crippen molar-refractivity contribution >= 4 is 11.8 Å². The molecule has 7 heteroatoms. The van der Waals surface area contributed by atoms with Gasteiger partial charge >= 0.3 is 0 Å².